The summed E-state index contributed by atoms with van der Waals surface area (Å²) in [7, 11) is -3.57. The topological polar surface area (TPSA) is 69.7 Å². The molecule has 4 rings (SSSR count). The SMILES string of the molecule is O=C(NCc1ccccc1CN1CCCC1)C1CCCN(S(=O)(=O)Cc2ccc(Cl)c(Cl)c2)C1. The highest BCUT2D eigenvalue weighted by Crippen LogP contribution is 2.26. The Hall–Kier alpha value is -1.64. The molecule has 1 amide bonds. The number of nitrogens with one attached hydrogen (secondary N) is 1. The number of sulfonamides is 1. The molecule has 0 aliphatic carbocycles. The smallest absolute Gasteiger partial charge is 0.224 e. The summed E-state index contributed by atoms with van der Waals surface area (Å²) in [5.74, 6) is -0.615. The average Bonchev–Trinajstić information content (AvgIpc) is 3.34. The van der Waals surface area contributed by atoms with Gasteiger partial charge in [0.15, 0.2) is 0 Å². The molecule has 1 N–H and O–H groups in total. The molecule has 184 valence electrons. The van der Waals surface area contributed by atoms with Crippen LogP contribution in [0.3, 0.4) is 0 Å². The lowest BCUT2D eigenvalue weighted by atomic mass is 9.98. The number of benzene rings is 2. The first kappa shape index (κ1) is 25.5. The Morgan fingerprint density at radius 1 is 0.971 bits per heavy atom. The summed E-state index contributed by atoms with van der Waals surface area (Å²) in [6, 6.07) is 13.1. The number of rotatable bonds is 8. The van der Waals surface area contributed by atoms with Crippen LogP contribution in [0.5, 0.6) is 0 Å². The molecule has 0 bridgehead atoms. The zero-order chi connectivity index (χ0) is 24.1. The van der Waals surface area contributed by atoms with Crippen LogP contribution in [0.4, 0.5) is 0 Å². The van der Waals surface area contributed by atoms with Gasteiger partial charge in [-0.25, -0.2) is 12.7 Å². The Kier molecular flexibility index (Phi) is 8.53. The number of nitrogens with zero attached hydrogens (tertiary/aromatic N) is 2. The largest absolute Gasteiger partial charge is 0.352 e. The minimum Gasteiger partial charge on any atom is -0.352 e. The van der Waals surface area contributed by atoms with E-state index in [1.807, 2.05) is 12.1 Å². The quantitative estimate of drug-likeness (QED) is 0.554. The number of amides is 1. The summed E-state index contributed by atoms with van der Waals surface area (Å²) in [4.78, 5) is 15.4. The maximum absolute atomic E-state index is 13.0. The summed E-state index contributed by atoms with van der Waals surface area (Å²) in [5.41, 5.74) is 2.93. The van der Waals surface area contributed by atoms with Gasteiger partial charge in [0.05, 0.1) is 21.7 Å². The maximum atomic E-state index is 13.0. The fourth-order valence-corrected chi connectivity index (χ4v) is 6.65. The van der Waals surface area contributed by atoms with E-state index in [0.29, 0.717) is 41.5 Å². The van der Waals surface area contributed by atoms with E-state index >= 15 is 0 Å². The fraction of sp³-hybridized carbons (Fsp3) is 0.480. The highest BCUT2D eigenvalue weighted by molar-refractivity contribution is 7.88. The Morgan fingerprint density at radius 2 is 1.71 bits per heavy atom. The normalized spacial score (nSPS) is 19.9. The van der Waals surface area contributed by atoms with Crippen LogP contribution in [0, 0.1) is 5.92 Å². The standard InChI is InChI=1S/C25H31Cl2N3O3S/c26-23-10-9-19(14-24(23)27)18-34(32,33)30-13-5-8-22(17-30)25(31)28-15-20-6-1-2-7-21(20)16-29-11-3-4-12-29/h1-2,6-7,9-10,14,22H,3-5,8,11-13,15-18H2,(H,28,31). The van der Waals surface area contributed by atoms with E-state index in [2.05, 4.69) is 22.3 Å². The van der Waals surface area contributed by atoms with E-state index < -0.39 is 10.0 Å². The predicted molar refractivity (Wildman–Crippen MR) is 136 cm³/mol. The van der Waals surface area contributed by atoms with Crippen LogP contribution in [0.15, 0.2) is 42.5 Å². The maximum Gasteiger partial charge on any atom is 0.224 e. The summed E-state index contributed by atoms with van der Waals surface area (Å²) >= 11 is 12.0. The molecule has 1 atom stereocenters. The molecule has 6 nitrogen and oxygen atoms in total. The van der Waals surface area contributed by atoms with E-state index in [-0.39, 0.29) is 24.1 Å². The van der Waals surface area contributed by atoms with Crippen LogP contribution in [0.2, 0.25) is 10.0 Å². The molecular formula is C25H31Cl2N3O3S. The monoisotopic (exact) mass is 523 g/mol. The van der Waals surface area contributed by atoms with Crippen LogP contribution in [-0.4, -0.2) is 49.7 Å². The van der Waals surface area contributed by atoms with Crippen LogP contribution in [0.25, 0.3) is 0 Å². The van der Waals surface area contributed by atoms with Crippen molar-refractivity contribution in [2.24, 2.45) is 5.92 Å². The van der Waals surface area contributed by atoms with Crippen molar-refractivity contribution in [3.63, 3.8) is 0 Å². The van der Waals surface area contributed by atoms with E-state index in [9.17, 15) is 13.2 Å². The molecule has 2 aliphatic heterocycles. The first-order valence-electron chi connectivity index (χ1n) is 11.8. The van der Waals surface area contributed by atoms with Gasteiger partial charge in [-0.1, -0.05) is 53.5 Å². The third kappa shape index (κ3) is 6.52. The highest BCUT2D eigenvalue weighted by Gasteiger charge is 2.32. The fourth-order valence-electron chi connectivity index (χ4n) is 4.73. The van der Waals surface area contributed by atoms with Gasteiger partial charge in [0.25, 0.3) is 0 Å². The van der Waals surface area contributed by atoms with Crippen molar-refractivity contribution >= 4 is 39.1 Å². The Balaban J connectivity index is 1.35. The molecule has 2 fully saturated rings. The van der Waals surface area contributed by atoms with E-state index in [0.717, 1.165) is 25.2 Å². The van der Waals surface area contributed by atoms with Crippen LogP contribution < -0.4 is 5.32 Å². The van der Waals surface area contributed by atoms with Crippen LogP contribution in [0.1, 0.15) is 42.4 Å². The first-order valence-corrected chi connectivity index (χ1v) is 14.2. The number of piperidine rings is 1. The van der Waals surface area contributed by atoms with Gasteiger partial charge in [-0.05, 0) is 67.6 Å². The Labute approximate surface area is 212 Å². The second-order valence-corrected chi connectivity index (χ2v) is 12.0. The molecule has 0 radical (unpaired) electrons. The van der Waals surface area contributed by atoms with Crippen molar-refractivity contribution in [3.05, 3.63) is 69.2 Å². The molecule has 0 saturated carbocycles. The minimum atomic E-state index is -3.57. The van der Waals surface area contributed by atoms with E-state index in [4.69, 9.17) is 23.2 Å². The molecule has 2 aromatic rings. The van der Waals surface area contributed by atoms with Gasteiger partial charge in [0.2, 0.25) is 15.9 Å². The van der Waals surface area contributed by atoms with Gasteiger partial charge in [0, 0.05) is 26.2 Å². The molecule has 2 aromatic carbocycles. The molecular weight excluding hydrogens is 493 g/mol. The van der Waals surface area contributed by atoms with Gasteiger partial charge in [0.1, 0.15) is 0 Å². The van der Waals surface area contributed by atoms with Gasteiger partial charge >= 0.3 is 0 Å². The van der Waals surface area contributed by atoms with Gasteiger partial charge < -0.3 is 5.32 Å². The van der Waals surface area contributed by atoms with Crippen molar-refractivity contribution in [1.29, 1.82) is 0 Å². The van der Waals surface area contributed by atoms with Crippen molar-refractivity contribution in [2.75, 3.05) is 26.2 Å². The number of halogens is 2. The van der Waals surface area contributed by atoms with E-state index in [1.54, 1.807) is 18.2 Å². The van der Waals surface area contributed by atoms with E-state index in [1.165, 1.54) is 22.7 Å². The second kappa shape index (κ2) is 11.4. The number of carbonyl (C=O) groups is 1. The molecule has 34 heavy (non-hydrogen) atoms. The predicted octanol–water partition coefficient (Wildman–Crippen LogP) is 4.45. The van der Waals surface area contributed by atoms with Gasteiger partial charge in [-0.15, -0.1) is 0 Å². The number of carbonyl (C=O) groups excluding carboxylic acids is 1. The van der Waals surface area contributed by atoms with Crippen molar-refractivity contribution in [2.45, 2.75) is 44.5 Å². The minimum absolute atomic E-state index is 0.0922. The number of likely N-dealkylation sites (tertiary alicyclic amines) is 1. The number of hydrogen-bond donors (Lipinski definition) is 1. The summed E-state index contributed by atoms with van der Waals surface area (Å²) in [6.45, 7) is 4.22. The zero-order valence-corrected chi connectivity index (χ0v) is 21.5. The third-order valence-electron chi connectivity index (χ3n) is 6.65. The van der Waals surface area contributed by atoms with Crippen molar-refractivity contribution < 1.29 is 13.2 Å². The summed E-state index contributed by atoms with van der Waals surface area (Å²) < 4.78 is 27.5. The summed E-state index contributed by atoms with van der Waals surface area (Å²) in [5, 5.41) is 3.78. The molecule has 1 unspecified atom stereocenters. The first-order chi connectivity index (χ1) is 16.3. The third-order valence-corrected chi connectivity index (χ3v) is 9.20. The molecule has 0 spiro atoms. The lowest BCUT2D eigenvalue weighted by Crippen LogP contribution is -2.45. The van der Waals surface area contributed by atoms with Crippen LogP contribution in [-0.2, 0) is 33.7 Å². The zero-order valence-electron chi connectivity index (χ0n) is 19.2. The van der Waals surface area contributed by atoms with Crippen molar-refractivity contribution in [1.82, 2.24) is 14.5 Å². The summed E-state index contributed by atoms with van der Waals surface area (Å²) in [6.07, 6.45) is 3.82. The highest BCUT2D eigenvalue weighted by atomic mass is 35.5. The lowest BCUT2D eigenvalue weighted by molar-refractivity contribution is -0.126. The van der Waals surface area contributed by atoms with Crippen LogP contribution >= 0.6 is 23.2 Å². The second-order valence-electron chi connectivity index (χ2n) is 9.17. The molecule has 0 aromatic heterocycles. The average molecular weight is 525 g/mol. The molecule has 2 aliphatic rings. The van der Waals surface area contributed by atoms with Gasteiger partial charge in [-0.2, -0.15) is 0 Å². The Morgan fingerprint density at radius 3 is 2.44 bits per heavy atom. The molecule has 9 heteroatoms. The lowest BCUT2D eigenvalue weighted by Gasteiger charge is -2.31. The Bertz CT molecular complexity index is 1120. The van der Waals surface area contributed by atoms with Crippen molar-refractivity contribution in [3.8, 4) is 0 Å². The van der Waals surface area contributed by atoms with Gasteiger partial charge in [-0.3, -0.25) is 9.69 Å². The molecule has 2 saturated heterocycles. The number of hydrogen-bond acceptors (Lipinski definition) is 4. The molecule has 2 heterocycles.